The zero-order chi connectivity index (χ0) is 14.8. The number of benzene rings is 1. The number of nitrogens with zero attached hydrogens (tertiary/aromatic N) is 2. The van der Waals surface area contributed by atoms with Crippen molar-refractivity contribution in [3.63, 3.8) is 0 Å². The van der Waals surface area contributed by atoms with Gasteiger partial charge in [-0.2, -0.15) is 0 Å². The second-order valence-corrected chi connectivity index (χ2v) is 6.43. The standard InChI is InChI=1S/C19H23N3/c1-3-16-7-6-15(11-17(16)4-1)14-22-10-9-21-13-19(22)18-5-2-8-20-12-18/h2,5-8,11-12,19,21H,1,3-4,9-10,13-14H2. The Hall–Kier alpha value is -1.71. The minimum atomic E-state index is 0.427. The van der Waals surface area contributed by atoms with Gasteiger partial charge in [0.2, 0.25) is 0 Å². The number of hydrogen-bond donors (Lipinski definition) is 1. The molecule has 0 spiro atoms. The molecular weight excluding hydrogens is 270 g/mol. The van der Waals surface area contributed by atoms with Crippen LogP contribution >= 0.6 is 0 Å². The van der Waals surface area contributed by atoms with Crippen LogP contribution in [0.15, 0.2) is 42.7 Å². The first-order valence-corrected chi connectivity index (χ1v) is 8.35. The molecule has 1 atom stereocenters. The van der Waals surface area contributed by atoms with E-state index in [9.17, 15) is 0 Å². The third-order valence-corrected chi connectivity index (χ3v) is 4.97. The van der Waals surface area contributed by atoms with Crippen LogP contribution in [0.5, 0.6) is 0 Å². The number of hydrogen-bond acceptors (Lipinski definition) is 3. The third-order valence-electron chi connectivity index (χ3n) is 4.97. The van der Waals surface area contributed by atoms with Gasteiger partial charge in [-0.25, -0.2) is 0 Å². The molecule has 3 nitrogen and oxygen atoms in total. The van der Waals surface area contributed by atoms with E-state index in [4.69, 9.17) is 0 Å². The van der Waals surface area contributed by atoms with Crippen LogP contribution < -0.4 is 5.32 Å². The molecule has 4 rings (SSSR count). The summed E-state index contributed by atoms with van der Waals surface area (Å²) in [6.45, 7) is 4.21. The highest BCUT2D eigenvalue weighted by atomic mass is 15.2. The van der Waals surface area contributed by atoms with E-state index < -0.39 is 0 Å². The van der Waals surface area contributed by atoms with Crippen molar-refractivity contribution in [2.45, 2.75) is 31.8 Å². The second kappa shape index (κ2) is 6.19. The van der Waals surface area contributed by atoms with Gasteiger partial charge in [0.15, 0.2) is 0 Å². The van der Waals surface area contributed by atoms with Gasteiger partial charge in [-0.05, 0) is 47.6 Å². The maximum atomic E-state index is 4.29. The summed E-state index contributed by atoms with van der Waals surface area (Å²) in [6.07, 6.45) is 7.71. The largest absolute Gasteiger partial charge is 0.314 e. The molecule has 0 radical (unpaired) electrons. The molecule has 3 heteroatoms. The van der Waals surface area contributed by atoms with Crippen molar-refractivity contribution in [1.29, 1.82) is 0 Å². The molecule has 1 aliphatic carbocycles. The van der Waals surface area contributed by atoms with Crippen LogP contribution in [-0.2, 0) is 19.4 Å². The van der Waals surface area contributed by atoms with Crippen LogP contribution in [-0.4, -0.2) is 29.5 Å². The van der Waals surface area contributed by atoms with Gasteiger partial charge in [-0.15, -0.1) is 0 Å². The highest BCUT2D eigenvalue weighted by Crippen LogP contribution is 2.26. The Labute approximate surface area is 132 Å². The molecule has 1 aromatic carbocycles. The monoisotopic (exact) mass is 293 g/mol. The topological polar surface area (TPSA) is 28.2 Å². The first kappa shape index (κ1) is 13.9. The minimum absolute atomic E-state index is 0.427. The van der Waals surface area contributed by atoms with Crippen LogP contribution in [0.2, 0.25) is 0 Å². The molecule has 1 N–H and O–H groups in total. The molecule has 0 saturated carbocycles. The predicted molar refractivity (Wildman–Crippen MR) is 88.7 cm³/mol. The minimum Gasteiger partial charge on any atom is -0.314 e. The van der Waals surface area contributed by atoms with E-state index in [-0.39, 0.29) is 0 Å². The first-order valence-electron chi connectivity index (χ1n) is 8.35. The smallest absolute Gasteiger partial charge is 0.0491 e. The maximum Gasteiger partial charge on any atom is 0.0491 e. The van der Waals surface area contributed by atoms with Gasteiger partial charge >= 0.3 is 0 Å². The Balaban J connectivity index is 1.55. The summed E-state index contributed by atoms with van der Waals surface area (Å²) in [4.78, 5) is 6.88. The van der Waals surface area contributed by atoms with Gasteiger partial charge in [0, 0.05) is 44.6 Å². The molecule has 0 amide bonds. The van der Waals surface area contributed by atoms with Gasteiger partial charge in [-0.3, -0.25) is 9.88 Å². The van der Waals surface area contributed by atoms with Crippen molar-refractivity contribution < 1.29 is 0 Å². The summed E-state index contributed by atoms with van der Waals surface area (Å²) >= 11 is 0. The fraction of sp³-hybridized carbons (Fsp3) is 0.421. The summed E-state index contributed by atoms with van der Waals surface area (Å²) < 4.78 is 0. The molecule has 1 saturated heterocycles. The summed E-state index contributed by atoms with van der Waals surface area (Å²) in [6, 6.07) is 11.8. The van der Waals surface area contributed by atoms with E-state index in [2.05, 4.69) is 39.5 Å². The number of fused-ring (bicyclic) bond motifs is 1. The maximum absolute atomic E-state index is 4.29. The molecule has 22 heavy (non-hydrogen) atoms. The number of piperazine rings is 1. The number of aromatic nitrogens is 1. The fourth-order valence-corrected chi connectivity index (χ4v) is 3.80. The van der Waals surface area contributed by atoms with Gasteiger partial charge in [0.05, 0.1) is 0 Å². The van der Waals surface area contributed by atoms with E-state index >= 15 is 0 Å². The first-order chi connectivity index (χ1) is 10.9. The Morgan fingerprint density at radius 1 is 1.18 bits per heavy atom. The summed E-state index contributed by atoms with van der Waals surface area (Å²) in [5.41, 5.74) is 5.91. The zero-order valence-corrected chi connectivity index (χ0v) is 13.0. The number of aryl methyl sites for hydroxylation is 2. The van der Waals surface area contributed by atoms with Crippen molar-refractivity contribution in [3.8, 4) is 0 Å². The second-order valence-electron chi connectivity index (χ2n) is 6.43. The molecular formula is C19H23N3. The lowest BCUT2D eigenvalue weighted by Gasteiger charge is -2.36. The van der Waals surface area contributed by atoms with Crippen LogP contribution in [0.1, 0.15) is 34.7 Å². The van der Waals surface area contributed by atoms with Gasteiger partial charge in [-0.1, -0.05) is 24.3 Å². The van der Waals surface area contributed by atoms with Crippen LogP contribution in [0, 0.1) is 0 Å². The average Bonchev–Trinajstić information content (AvgIpc) is 3.04. The third kappa shape index (κ3) is 2.79. The average molecular weight is 293 g/mol. The predicted octanol–water partition coefficient (Wildman–Crippen LogP) is 2.72. The number of rotatable bonds is 3. The Kier molecular flexibility index (Phi) is 3.92. The quantitative estimate of drug-likeness (QED) is 0.943. The van der Waals surface area contributed by atoms with E-state index in [0.717, 1.165) is 26.2 Å². The number of nitrogens with one attached hydrogen (secondary N) is 1. The van der Waals surface area contributed by atoms with Crippen LogP contribution in [0.4, 0.5) is 0 Å². The molecule has 0 bridgehead atoms. The highest BCUT2D eigenvalue weighted by molar-refractivity contribution is 5.35. The van der Waals surface area contributed by atoms with E-state index in [1.165, 1.54) is 30.4 Å². The van der Waals surface area contributed by atoms with Gasteiger partial charge < -0.3 is 5.32 Å². The van der Waals surface area contributed by atoms with Crippen molar-refractivity contribution in [3.05, 3.63) is 65.0 Å². The highest BCUT2D eigenvalue weighted by Gasteiger charge is 2.24. The molecule has 114 valence electrons. The Morgan fingerprint density at radius 2 is 2.14 bits per heavy atom. The van der Waals surface area contributed by atoms with E-state index in [0.29, 0.717) is 6.04 Å². The number of pyridine rings is 1. The Bertz CT molecular complexity index is 638. The summed E-state index contributed by atoms with van der Waals surface area (Å²) in [5, 5.41) is 3.52. The molecule has 2 aliphatic rings. The van der Waals surface area contributed by atoms with Crippen molar-refractivity contribution in [2.24, 2.45) is 0 Å². The Morgan fingerprint density at radius 3 is 3.05 bits per heavy atom. The molecule has 1 aliphatic heterocycles. The van der Waals surface area contributed by atoms with Gasteiger partial charge in [0.1, 0.15) is 0 Å². The summed E-state index contributed by atoms with van der Waals surface area (Å²) in [5.74, 6) is 0. The summed E-state index contributed by atoms with van der Waals surface area (Å²) in [7, 11) is 0. The lowest BCUT2D eigenvalue weighted by Crippen LogP contribution is -2.45. The van der Waals surface area contributed by atoms with Crippen molar-refractivity contribution in [2.75, 3.05) is 19.6 Å². The fourth-order valence-electron chi connectivity index (χ4n) is 3.80. The van der Waals surface area contributed by atoms with E-state index in [1.54, 1.807) is 11.1 Å². The SMILES string of the molecule is c1cncc(C2CNCCN2Cc2ccc3c(c2)CCC3)c1. The van der Waals surface area contributed by atoms with Crippen LogP contribution in [0.25, 0.3) is 0 Å². The molecule has 2 heterocycles. The molecule has 2 aromatic rings. The molecule has 1 aromatic heterocycles. The lowest BCUT2D eigenvalue weighted by atomic mass is 10.0. The molecule has 1 unspecified atom stereocenters. The normalized spacial score (nSPS) is 21.7. The van der Waals surface area contributed by atoms with Gasteiger partial charge in [0.25, 0.3) is 0 Å². The van der Waals surface area contributed by atoms with Crippen molar-refractivity contribution in [1.82, 2.24) is 15.2 Å². The molecule has 1 fully saturated rings. The van der Waals surface area contributed by atoms with Crippen LogP contribution in [0.3, 0.4) is 0 Å². The van der Waals surface area contributed by atoms with Crippen molar-refractivity contribution >= 4 is 0 Å². The lowest BCUT2D eigenvalue weighted by molar-refractivity contribution is 0.153. The van der Waals surface area contributed by atoms with E-state index in [1.807, 2.05) is 18.5 Å². The zero-order valence-electron chi connectivity index (χ0n) is 13.0.